The second-order valence-corrected chi connectivity index (χ2v) is 8.55. The smallest absolute Gasteiger partial charge is 0.410 e. The SMILES string of the molecule is CC(C)(C)OC(=O)NC[C@@H]1C[C@H]2CC[C@@H](C1)N2C(=O)OCc1ccccc1. The van der Waals surface area contributed by atoms with E-state index in [-0.39, 0.29) is 24.3 Å². The molecule has 2 aliphatic rings. The maximum Gasteiger partial charge on any atom is 0.410 e. The highest BCUT2D eigenvalue weighted by Gasteiger charge is 2.44. The second-order valence-electron chi connectivity index (χ2n) is 8.55. The number of ether oxygens (including phenoxy) is 2. The Morgan fingerprint density at radius 2 is 1.74 bits per heavy atom. The van der Waals surface area contributed by atoms with Crippen LogP contribution in [0.5, 0.6) is 0 Å². The molecule has 1 N–H and O–H groups in total. The van der Waals surface area contributed by atoms with Crippen molar-refractivity contribution in [2.24, 2.45) is 5.92 Å². The highest BCUT2D eigenvalue weighted by atomic mass is 16.6. The van der Waals surface area contributed by atoms with Gasteiger partial charge in [-0.3, -0.25) is 0 Å². The van der Waals surface area contributed by atoms with Gasteiger partial charge < -0.3 is 19.7 Å². The molecule has 2 amide bonds. The predicted octanol–water partition coefficient (Wildman–Crippen LogP) is 4.09. The minimum atomic E-state index is -0.491. The van der Waals surface area contributed by atoms with Crippen LogP contribution in [0.2, 0.25) is 0 Å². The predicted molar refractivity (Wildman–Crippen MR) is 102 cm³/mol. The molecule has 2 aliphatic heterocycles. The molecule has 0 spiro atoms. The Balaban J connectivity index is 1.47. The number of nitrogens with one attached hydrogen (secondary N) is 1. The van der Waals surface area contributed by atoms with Crippen molar-refractivity contribution < 1.29 is 19.1 Å². The molecular weight excluding hydrogens is 344 g/mol. The fourth-order valence-electron chi connectivity index (χ4n) is 4.09. The van der Waals surface area contributed by atoms with Gasteiger partial charge in [-0.1, -0.05) is 30.3 Å². The van der Waals surface area contributed by atoms with Crippen LogP contribution in [-0.2, 0) is 16.1 Å². The van der Waals surface area contributed by atoms with E-state index in [1.54, 1.807) is 0 Å². The Hall–Kier alpha value is -2.24. The third kappa shape index (κ3) is 5.37. The van der Waals surface area contributed by atoms with Crippen LogP contribution >= 0.6 is 0 Å². The van der Waals surface area contributed by atoms with Gasteiger partial charge in [0.05, 0.1) is 0 Å². The van der Waals surface area contributed by atoms with Crippen LogP contribution in [0.15, 0.2) is 30.3 Å². The summed E-state index contributed by atoms with van der Waals surface area (Å²) >= 11 is 0. The molecule has 2 heterocycles. The summed E-state index contributed by atoms with van der Waals surface area (Å²) in [7, 11) is 0. The quantitative estimate of drug-likeness (QED) is 0.862. The van der Waals surface area contributed by atoms with Crippen LogP contribution in [0.25, 0.3) is 0 Å². The van der Waals surface area contributed by atoms with Crippen molar-refractivity contribution in [1.82, 2.24) is 10.2 Å². The molecule has 3 atom stereocenters. The number of amides is 2. The minimum Gasteiger partial charge on any atom is -0.445 e. The first kappa shape index (κ1) is 19.5. The first-order valence-corrected chi connectivity index (χ1v) is 9.77. The number of hydrogen-bond acceptors (Lipinski definition) is 4. The maximum absolute atomic E-state index is 12.6. The number of alkyl carbamates (subject to hydrolysis) is 1. The third-order valence-corrected chi connectivity index (χ3v) is 5.18. The van der Waals surface area contributed by atoms with Gasteiger partial charge in [-0.05, 0) is 57.9 Å². The highest BCUT2D eigenvalue weighted by Crippen LogP contribution is 2.39. The Labute approximate surface area is 161 Å². The number of piperidine rings is 1. The summed E-state index contributed by atoms with van der Waals surface area (Å²) in [6.45, 7) is 6.46. The maximum atomic E-state index is 12.6. The van der Waals surface area contributed by atoms with Gasteiger partial charge in [0, 0.05) is 18.6 Å². The van der Waals surface area contributed by atoms with E-state index >= 15 is 0 Å². The number of benzene rings is 1. The number of rotatable bonds is 4. The molecule has 3 rings (SSSR count). The number of hydrogen-bond donors (Lipinski definition) is 1. The zero-order valence-corrected chi connectivity index (χ0v) is 16.4. The number of fused-ring (bicyclic) bond motifs is 2. The molecule has 6 nitrogen and oxygen atoms in total. The summed E-state index contributed by atoms with van der Waals surface area (Å²) in [6, 6.07) is 10.1. The van der Waals surface area contributed by atoms with Crippen LogP contribution in [0, 0.1) is 5.92 Å². The molecule has 1 aromatic rings. The van der Waals surface area contributed by atoms with E-state index in [2.05, 4.69) is 5.32 Å². The van der Waals surface area contributed by atoms with E-state index in [1.165, 1.54) is 0 Å². The van der Waals surface area contributed by atoms with Crippen LogP contribution in [0.4, 0.5) is 9.59 Å². The standard InChI is InChI=1S/C21H30N2O4/c1-21(2,3)27-19(24)22-13-16-11-17-9-10-18(12-16)23(17)20(25)26-14-15-7-5-4-6-8-15/h4-8,16-18H,9-14H2,1-3H3,(H,22,24)/t16-,17-,18+. The number of carbonyl (C=O) groups excluding carboxylic acids is 2. The van der Waals surface area contributed by atoms with Crippen molar-refractivity contribution in [3.63, 3.8) is 0 Å². The summed E-state index contributed by atoms with van der Waals surface area (Å²) in [4.78, 5) is 26.4. The van der Waals surface area contributed by atoms with Crippen molar-refractivity contribution >= 4 is 12.2 Å². The lowest BCUT2D eigenvalue weighted by molar-refractivity contribution is 0.0434. The van der Waals surface area contributed by atoms with Crippen molar-refractivity contribution in [2.75, 3.05) is 6.54 Å². The van der Waals surface area contributed by atoms with Crippen molar-refractivity contribution in [2.45, 2.75) is 70.7 Å². The van der Waals surface area contributed by atoms with Crippen LogP contribution in [0.3, 0.4) is 0 Å². The monoisotopic (exact) mass is 374 g/mol. The van der Waals surface area contributed by atoms with E-state index < -0.39 is 5.60 Å². The molecule has 6 heteroatoms. The molecule has 2 bridgehead atoms. The summed E-state index contributed by atoms with van der Waals surface area (Å²) in [6.07, 6.45) is 3.21. The van der Waals surface area contributed by atoms with Gasteiger partial charge in [0.2, 0.25) is 0 Å². The third-order valence-electron chi connectivity index (χ3n) is 5.18. The topological polar surface area (TPSA) is 67.9 Å². The molecule has 2 saturated heterocycles. The largest absolute Gasteiger partial charge is 0.445 e. The first-order valence-electron chi connectivity index (χ1n) is 9.77. The van der Waals surface area contributed by atoms with Gasteiger partial charge in [0.25, 0.3) is 0 Å². The highest BCUT2D eigenvalue weighted by molar-refractivity contribution is 5.69. The zero-order chi connectivity index (χ0) is 19.4. The number of nitrogens with zero attached hydrogens (tertiary/aromatic N) is 1. The summed E-state index contributed by atoms with van der Waals surface area (Å²) in [5.74, 6) is 0.369. The Kier molecular flexibility index (Phi) is 5.92. The molecule has 2 fully saturated rings. The minimum absolute atomic E-state index is 0.206. The fourth-order valence-corrected chi connectivity index (χ4v) is 4.09. The molecular formula is C21H30N2O4. The number of carbonyl (C=O) groups is 2. The van der Waals surface area contributed by atoms with Crippen molar-refractivity contribution in [3.05, 3.63) is 35.9 Å². The Bertz CT molecular complexity index is 642. The molecule has 0 radical (unpaired) electrons. The fraction of sp³-hybridized carbons (Fsp3) is 0.619. The van der Waals surface area contributed by atoms with Gasteiger partial charge in [-0.2, -0.15) is 0 Å². The lowest BCUT2D eigenvalue weighted by Crippen LogP contribution is -2.48. The first-order chi connectivity index (χ1) is 12.8. The normalized spacial score (nSPS) is 24.4. The lowest BCUT2D eigenvalue weighted by atomic mass is 9.91. The zero-order valence-electron chi connectivity index (χ0n) is 16.4. The molecule has 0 aromatic heterocycles. The molecule has 0 aliphatic carbocycles. The van der Waals surface area contributed by atoms with Gasteiger partial charge in [-0.15, -0.1) is 0 Å². The van der Waals surface area contributed by atoms with Gasteiger partial charge in [0.15, 0.2) is 0 Å². The average molecular weight is 374 g/mol. The molecule has 0 saturated carbocycles. The Morgan fingerprint density at radius 3 is 2.33 bits per heavy atom. The van der Waals surface area contributed by atoms with Crippen LogP contribution in [0.1, 0.15) is 52.0 Å². The Morgan fingerprint density at radius 1 is 1.11 bits per heavy atom. The van der Waals surface area contributed by atoms with E-state index in [4.69, 9.17) is 9.47 Å². The summed E-state index contributed by atoms with van der Waals surface area (Å²) < 4.78 is 10.8. The molecule has 27 heavy (non-hydrogen) atoms. The van der Waals surface area contributed by atoms with E-state index in [0.717, 1.165) is 31.2 Å². The molecule has 1 aromatic carbocycles. The van der Waals surface area contributed by atoms with Crippen molar-refractivity contribution in [1.29, 1.82) is 0 Å². The summed E-state index contributed by atoms with van der Waals surface area (Å²) in [5.41, 5.74) is 0.504. The molecule has 0 unspecified atom stereocenters. The second kappa shape index (κ2) is 8.19. The average Bonchev–Trinajstić information content (AvgIpc) is 2.88. The van der Waals surface area contributed by atoms with E-state index in [9.17, 15) is 9.59 Å². The van der Waals surface area contributed by atoms with Gasteiger partial charge >= 0.3 is 12.2 Å². The summed E-state index contributed by atoms with van der Waals surface area (Å²) in [5, 5.41) is 2.87. The lowest BCUT2D eigenvalue weighted by Gasteiger charge is -2.38. The van der Waals surface area contributed by atoms with Gasteiger partial charge in [-0.25, -0.2) is 9.59 Å². The van der Waals surface area contributed by atoms with Crippen LogP contribution in [-0.4, -0.2) is 41.3 Å². The molecule has 148 valence electrons. The van der Waals surface area contributed by atoms with E-state index in [1.807, 2.05) is 56.0 Å². The van der Waals surface area contributed by atoms with Crippen molar-refractivity contribution in [3.8, 4) is 0 Å². The van der Waals surface area contributed by atoms with E-state index in [0.29, 0.717) is 19.1 Å². The van der Waals surface area contributed by atoms with Crippen LogP contribution < -0.4 is 5.32 Å². The van der Waals surface area contributed by atoms with Gasteiger partial charge in [0.1, 0.15) is 12.2 Å².